The van der Waals surface area contributed by atoms with Crippen LogP contribution in [0.25, 0.3) is 0 Å². The highest BCUT2D eigenvalue weighted by atomic mass is 16.3. The molecule has 2 N–H and O–H groups in total. The molecule has 0 radical (unpaired) electrons. The first kappa shape index (κ1) is 20.1. The zero-order chi connectivity index (χ0) is 20.4. The van der Waals surface area contributed by atoms with Crippen LogP contribution in [0.15, 0.2) is 88.5 Å². The fraction of sp³-hybridized carbons (Fsp3) is 0.320. The molecular weight excluding hydrogens is 372 g/mol. The van der Waals surface area contributed by atoms with Gasteiger partial charge in [0.1, 0.15) is 5.76 Å². The van der Waals surface area contributed by atoms with E-state index in [1.807, 2.05) is 18.2 Å². The van der Waals surface area contributed by atoms with Crippen LogP contribution >= 0.6 is 0 Å². The Morgan fingerprint density at radius 1 is 0.933 bits per heavy atom. The number of hydrogen-bond acceptors (Lipinski definition) is 3. The largest absolute Gasteiger partial charge is 0.469 e. The Labute approximate surface area is 178 Å². The lowest BCUT2D eigenvalue weighted by Gasteiger charge is -2.34. The van der Waals surface area contributed by atoms with Crippen LogP contribution in [0.2, 0.25) is 0 Å². The molecule has 30 heavy (non-hydrogen) atoms. The monoisotopic (exact) mass is 402 g/mol. The maximum atomic E-state index is 5.44. The SMILES string of the molecule is c1ccc(CN=C(NCCc2ccco2)NC2CCN(c3ccccc3)CC2)cc1. The van der Waals surface area contributed by atoms with Crippen LogP contribution in [0.4, 0.5) is 5.69 Å². The third-order valence-electron chi connectivity index (χ3n) is 5.46. The van der Waals surface area contributed by atoms with Gasteiger partial charge in [0.05, 0.1) is 12.8 Å². The molecule has 1 aliphatic rings. The number of guanidine groups is 1. The Balaban J connectivity index is 1.33. The maximum absolute atomic E-state index is 5.44. The summed E-state index contributed by atoms with van der Waals surface area (Å²) in [6.45, 7) is 3.57. The number of nitrogens with one attached hydrogen (secondary N) is 2. The molecule has 0 unspecified atom stereocenters. The summed E-state index contributed by atoms with van der Waals surface area (Å²) in [6, 6.07) is 25.4. The third-order valence-corrected chi connectivity index (χ3v) is 5.46. The van der Waals surface area contributed by atoms with Gasteiger partial charge in [-0.2, -0.15) is 0 Å². The third kappa shape index (κ3) is 5.89. The van der Waals surface area contributed by atoms with E-state index in [2.05, 4.69) is 70.1 Å². The average Bonchev–Trinajstić information content (AvgIpc) is 3.33. The number of nitrogens with zero attached hydrogens (tertiary/aromatic N) is 2. The highest BCUT2D eigenvalue weighted by molar-refractivity contribution is 5.80. The number of benzene rings is 2. The van der Waals surface area contributed by atoms with Gasteiger partial charge in [0, 0.05) is 37.8 Å². The maximum Gasteiger partial charge on any atom is 0.191 e. The lowest BCUT2D eigenvalue weighted by Crippen LogP contribution is -2.49. The van der Waals surface area contributed by atoms with Crippen LogP contribution in [0.5, 0.6) is 0 Å². The molecule has 2 heterocycles. The molecule has 0 spiro atoms. The smallest absolute Gasteiger partial charge is 0.191 e. The van der Waals surface area contributed by atoms with E-state index >= 15 is 0 Å². The van der Waals surface area contributed by atoms with Gasteiger partial charge in [0.25, 0.3) is 0 Å². The summed E-state index contributed by atoms with van der Waals surface area (Å²) in [6.07, 6.45) is 4.75. The molecule has 0 amide bonds. The van der Waals surface area contributed by atoms with Gasteiger partial charge in [-0.15, -0.1) is 0 Å². The van der Waals surface area contributed by atoms with Gasteiger partial charge in [-0.05, 0) is 42.7 Å². The van der Waals surface area contributed by atoms with E-state index in [0.717, 1.165) is 50.6 Å². The van der Waals surface area contributed by atoms with E-state index in [0.29, 0.717) is 12.6 Å². The molecule has 1 aliphatic heterocycles. The molecule has 0 saturated carbocycles. The minimum absolute atomic E-state index is 0.426. The summed E-state index contributed by atoms with van der Waals surface area (Å²) in [5, 5.41) is 7.14. The highest BCUT2D eigenvalue weighted by Crippen LogP contribution is 2.19. The zero-order valence-electron chi connectivity index (χ0n) is 17.3. The van der Waals surface area contributed by atoms with Crippen molar-refractivity contribution in [2.45, 2.75) is 31.8 Å². The zero-order valence-corrected chi connectivity index (χ0v) is 17.3. The van der Waals surface area contributed by atoms with Gasteiger partial charge < -0.3 is 20.0 Å². The normalized spacial score (nSPS) is 15.2. The average molecular weight is 403 g/mol. The van der Waals surface area contributed by atoms with Crippen molar-refractivity contribution >= 4 is 11.6 Å². The number of furan rings is 1. The van der Waals surface area contributed by atoms with Crippen molar-refractivity contribution in [2.24, 2.45) is 4.99 Å². The first-order valence-electron chi connectivity index (χ1n) is 10.8. The molecule has 0 aliphatic carbocycles. The predicted molar refractivity (Wildman–Crippen MR) is 123 cm³/mol. The van der Waals surface area contributed by atoms with Gasteiger partial charge in [-0.1, -0.05) is 48.5 Å². The topological polar surface area (TPSA) is 52.8 Å². The molecule has 1 saturated heterocycles. The van der Waals surface area contributed by atoms with E-state index in [9.17, 15) is 0 Å². The molecule has 0 bridgehead atoms. The number of hydrogen-bond donors (Lipinski definition) is 2. The molecular formula is C25H30N4O. The summed E-state index contributed by atoms with van der Waals surface area (Å²) < 4.78 is 5.44. The van der Waals surface area contributed by atoms with Crippen molar-refractivity contribution in [1.82, 2.24) is 10.6 Å². The predicted octanol–water partition coefficient (Wildman–Crippen LogP) is 4.23. The summed E-state index contributed by atoms with van der Waals surface area (Å²) in [4.78, 5) is 7.30. The summed E-state index contributed by atoms with van der Waals surface area (Å²) in [7, 11) is 0. The van der Waals surface area contributed by atoms with Crippen LogP contribution in [0, 0.1) is 0 Å². The highest BCUT2D eigenvalue weighted by Gasteiger charge is 2.20. The van der Waals surface area contributed by atoms with Crippen molar-refractivity contribution in [3.8, 4) is 0 Å². The van der Waals surface area contributed by atoms with E-state index < -0.39 is 0 Å². The van der Waals surface area contributed by atoms with E-state index in [4.69, 9.17) is 9.41 Å². The van der Waals surface area contributed by atoms with E-state index in [1.165, 1.54) is 11.3 Å². The Kier molecular flexibility index (Phi) is 7.05. The molecule has 3 aromatic rings. The molecule has 5 heteroatoms. The standard InChI is InChI=1S/C25H30N4O/c1-3-8-21(9-4-1)20-27-25(26-16-13-24-12-7-19-30-24)28-22-14-17-29(18-15-22)23-10-5-2-6-11-23/h1-12,19,22H,13-18,20H2,(H2,26,27,28). The Bertz CT molecular complexity index is 885. The molecule has 2 aromatic carbocycles. The lowest BCUT2D eigenvalue weighted by molar-refractivity contribution is 0.460. The van der Waals surface area contributed by atoms with Crippen molar-refractivity contribution in [3.63, 3.8) is 0 Å². The number of para-hydroxylation sites is 1. The van der Waals surface area contributed by atoms with Crippen LogP contribution in [-0.2, 0) is 13.0 Å². The molecule has 5 nitrogen and oxygen atoms in total. The van der Waals surface area contributed by atoms with Gasteiger partial charge in [0.15, 0.2) is 5.96 Å². The first-order chi connectivity index (χ1) is 14.9. The molecule has 1 fully saturated rings. The number of anilines is 1. The number of piperidine rings is 1. The van der Waals surface area contributed by atoms with Crippen LogP contribution in [-0.4, -0.2) is 31.6 Å². The fourth-order valence-electron chi connectivity index (χ4n) is 3.78. The second-order valence-corrected chi connectivity index (χ2v) is 7.65. The first-order valence-corrected chi connectivity index (χ1v) is 10.8. The quantitative estimate of drug-likeness (QED) is 0.459. The van der Waals surface area contributed by atoms with Crippen molar-refractivity contribution in [2.75, 3.05) is 24.5 Å². The molecule has 156 valence electrons. The van der Waals surface area contributed by atoms with Gasteiger partial charge in [-0.25, -0.2) is 4.99 Å². The molecule has 1 aromatic heterocycles. The molecule has 4 rings (SSSR count). The minimum Gasteiger partial charge on any atom is -0.469 e. The minimum atomic E-state index is 0.426. The van der Waals surface area contributed by atoms with Crippen LogP contribution in [0.1, 0.15) is 24.2 Å². The summed E-state index contributed by atoms with van der Waals surface area (Å²) in [5.74, 6) is 1.87. The van der Waals surface area contributed by atoms with E-state index in [1.54, 1.807) is 6.26 Å². The fourth-order valence-corrected chi connectivity index (χ4v) is 3.78. The van der Waals surface area contributed by atoms with Crippen molar-refractivity contribution in [1.29, 1.82) is 0 Å². The lowest BCUT2D eigenvalue weighted by atomic mass is 10.0. The summed E-state index contributed by atoms with van der Waals surface area (Å²) >= 11 is 0. The van der Waals surface area contributed by atoms with Crippen LogP contribution < -0.4 is 15.5 Å². The van der Waals surface area contributed by atoms with Crippen molar-refractivity contribution < 1.29 is 4.42 Å². The number of aliphatic imine (C=N–C) groups is 1. The number of rotatable bonds is 7. The van der Waals surface area contributed by atoms with E-state index in [-0.39, 0.29) is 0 Å². The second-order valence-electron chi connectivity index (χ2n) is 7.65. The molecule has 0 atom stereocenters. The van der Waals surface area contributed by atoms with Crippen LogP contribution in [0.3, 0.4) is 0 Å². The summed E-state index contributed by atoms with van der Waals surface area (Å²) in [5.41, 5.74) is 2.52. The Hall–Kier alpha value is -3.21. The van der Waals surface area contributed by atoms with Gasteiger partial charge >= 0.3 is 0 Å². The Morgan fingerprint density at radius 2 is 1.67 bits per heavy atom. The van der Waals surface area contributed by atoms with Gasteiger partial charge in [0.2, 0.25) is 0 Å². The Morgan fingerprint density at radius 3 is 2.37 bits per heavy atom. The van der Waals surface area contributed by atoms with Gasteiger partial charge in [-0.3, -0.25) is 0 Å². The second kappa shape index (κ2) is 10.5. The van der Waals surface area contributed by atoms with Crippen molar-refractivity contribution in [3.05, 3.63) is 90.4 Å².